The number of sulfonamides is 1. The number of hydrogen-bond donors (Lipinski definition) is 1. The van der Waals surface area contributed by atoms with E-state index in [9.17, 15) is 8.42 Å². The Bertz CT molecular complexity index is 623. The molecule has 114 valence electrons. The van der Waals surface area contributed by atoms with Crippen LogP contribution in [0.1, 0.15) is 36.8 Å². The Balaban J connectivity index is 2.10. The molecule has 1 aliphatic carbocycles. The summed E-state index contributed by atoms with van der Waals surface area (Å²) >= 11 is 1.73. The second-order valence-electron chi connectivity index (χ2n) is 5.31. The second-order valence-corrected chi connectivity index (χ2v) is 8.14. The van der Waals surface area contributed by atoms with Crippen molar-refractivity contribution in [1.82, 2.24) is 4.72 Å². The molecule has 0 amide bonds. The van der Waals surface area contributed by atoms with Gasteiger partial charge in [0.25, 0.3) is 0 Å². The number of nitrogens with one attached hydrogen (secondary N) is 1. The van der Waals surface area contributed by atoms with Gasteiger partial charge < -0.3 is 0 Å². The van der Waals surface area contributed by atoms with E-state index in [-0.39, 0.29) is 11.8 Å². The quantitative estimate of drug-likeness (QED) is 0.904. The van der Waals surface area contributed by atoms with Crippen molar-refractivity contribution in [2.75, 3.05) is 6.26 Å². The molecule has 1 aliphatic rings. The molecule has 0 aromatic heterocycles. The fourth-order valence-corrected chi connectivity index (χ4v) is 5.26. The van der Waals surface area contributed by atoms with E-state index in [2.05, 4.69) is 4.72 Å². The van der Waals surface area contributed by atoms with Crippen molar-refractivity contribution in [2.24, 2.45) is 0 Å². The van der Waals surface area contributed by atoms with Gasteiger partial charge in [-0.1, -0.05) is 31.0 Å². The van der Waals surface area contributed by atoms with Gasteiger partial charge in [0.2, 0.25) is 10.0 Å². The van der Waals surface area contributed by atoms with Gasteiger partial charge in [0, 0.05) is 11.3 Å². The number of rotatable bonds is 5. The van der Waals surface area contributed by atoms with Gasteiger partial charge in [-0.15, -0.1) is 0 Å². The standard InChI is InChI=1S/C15H20N2O2S2/c1-20-15-9-5-4-8-14(15)17-21(18,19)11-13-7-3-2-6-12(13)10-16/h2-3,6-7,14-15,17H,4-5,8-9,11H2,1H3. The lowest BCUT2D eigenvalue weighted by Crippen LogP contribution is -2.44. The molecule has 1 aromatic carbocycles. The second kappa shape index (κ2) is 7.30. The number of nitrogens with zero attached hydrogens (tertiary/aromatic N) is 1. The highest BCUT2D eigenvalue weighted by Crippen LogP contribution is 2.28. The first kappa shape index (κ1) is 16.3. The third kappa shape index (κ3) is 4.47. The van der Waals surface area contributed by atoms with Crippen molar-refractivity contribution >= 4 is 21.8 Å². The topological polar surface area (TPSA) is 70.0 Å². The lowest BCUT2D eigenvalue weighted by atomic mass is 9.96. The average Bonchev–Trinajstić information content (AvgIpc) is 2.47. The highest BCUT2D eigenvalue weighted by Gasteiger charge is 2.28. The van der Waals surface area contributed by atoms with Gasteiger partial charge in [0.15, 0.2) is 0 Å². The Morgan fingerprint density at radius 3 is 2.76 bits per heavy atom. The molecule has 1 aromatic rings. The lowest BCUT2D eigenvalue weighted by Gasteiger charge is -2.30. The largest absolute Gasteiger partial charge is 0.216 e. The Hall–Kier alpha value is -1.03. The Kier molecular flexibility index (Phi) is 5.68. The van der Waals surface area contributed by atoms with Crippen LogP contribution in [0.15, 0.2) is 24.3 Å². The minimum Gasteiger partial charge on any atom is -0.212 e. The fraction of sp³-hybridized carbons (Fsp3) is 0.533. The summed E-state index contributed by atoms with van der Waals surface area (Å²) in [7, 11) is -3.42. The highest BCUT2D eigenvalue weighted by atomic mass is 32.2. The summed E-state index contributed by atoms with van der Waals surface area (Å²) in [5.41, 5.74) is 0.983. The molecule has 1 fully saturated rings. The summed E-state index contributed by atoms with van der Waals surface area (Å²) in [6.45, 7) is 0. The van der Waals surface area contributed by atoms with E-state index >= 15 is 0 Å². The number of thioether (sulfide) groups is 1. The van der Waals surface area contributed by atoms with Crippen LogP contribution in [0.3, 0.4) is 0 Å². The molecule has 0 spiro atoms. The summed E-state index contributed by atoms with van der Waals surface area (Å²) in [4.78, 5) is 0. The zero-order valence-corrected chi connectivity index (χ0v) is 13.7. The van der Waals surface area contributed by atoms with Crippen LogP contribution in [0.5, 0.6) is 0 Å². The zero-order chi connectivity index (χ0) is 15.3. The molecule has 6 heteroatoms. The van der Waals surface area contributed by atoms with Crippen molar-refractivity contribution < 1.29 is 8.42 Å². The molecule has 21 heavy (non-hydrogen) atoms. The summed E-state index contributed by atoms with van der Waals surface area (Å²) < 4.78 is 27.6. The zero-order valence-electron chi connectivity index (χ0n) is 12.1. The van der Waals surface area contributed by atoms with Crippen LogP contribution in [0.25, 0.3) is 0 Å². The molecule has 4 nitrogen and oxygen atoms in total. The third-order valence-electron chi connectivity index (χ3n) is 3.82. The predicted molar refractivity (Wildman–Crippen MR) is 86.5 cm³/mol. The molecule has 2 unspecified atom stereocenters. The van der Waals surface area contributed by atoms with E-state index in [0.29, 0.717) is 16.4 Å². The number of hydrogen-bond acceptors (Lipinski definition) is 4. The minimum absolute atomic E-state index is 0.00741. The smallest absolute Gasteiger partial charge is 0.212 e. The van der Waals surface area contributed by atoms with Crippen LogP contribution in [-0.2, 0) is 15.8 Å². The molecular weight excluding hydrogens is 304 g/mol. The predicted octanol–water partition coefficient (Wildman–Crippen LogP) is 2.65. The first-order valence-electron chi connectivity index (χ1n) is 7.06. The van der Waals surface area contributed by atoms with E-state index in [1.54, 1.807) is 36.0 Å². The van der Waals surface area contributed by atoms with Crippen molar-refractivity contribution in [3.05, 3.63) is 35.4 Å². The van der Waals surface area contributed by atoms with Gasteiger partial charge in [-0.2, -0.15) is 17.0 Å². The van der Waals surface area contributed by atoms with Crippen molar-refractivity contribution in [1.29, 1.82) is 5.26 Å². The van der Waals surface area contributed by atoms with E-state index < -0.39 is 10.0 Å². The SMILES string of the molecule is CSC1CCCCC1NS(=O)(=O)Cc1ccccc1C#N. The summed E-state index contributed by atoms with van der Waals surface area (Å²) in [5.74, 6) is -0.131. The number of benzene rings is 1. The molecular formula is C15H20N2O2S2. The Morgan fingerprint density at radius 1 is 1.33 bits per heavy atom. The van der Waals surface area contributed by atoms with Gasteiger partial charge in [-0.05, 0) is 30.7 Å². The Morgan fingerprint density at radius 2 is 2.05 bits per heavy atom. The maximum atomic E-state index is 12.4. The van der Waals surface area contributed by atoms with E-state index in [0.717, 1.165) is 19.3 Å². The molecule has 1 N–H and O–H groups in total. The van der Waals surface area contributed by atoms with Gasteiger partial charge in [0.1, 0.15) is 0 Å². The van der Waals surface area contributed by atoms with Gasteiger partial charge in [-0.3, -0.25) is 0 Å². The van der Waals surface area contributed by atoms with Crippen LogP contribution in [0.4, 0.5) is 0 Å². The molecule has 0 bridgehead atoms. The summed E-state index contributed by atoms with van der Waals surface area (Å²) in [5, 5.41) is 9.40. The van der Waals surface area contributed by atoms with Gasteiger partial charge >= 0.3 is 0 Å². The maximum Gasteiger partial charge on any atom is 0.216 e. The van der Waals surface area contributed by atoms with Crippen LogP contribution in [0.2, 0.25) is 0 Å². The first-order valence-corrected chi connectivity index (χ1v) is 10.0. The first-order chi connectivity index (χ1) is 10.1. The molecule has 0 heterocycles. The van der Waals surface area contributed by atoms with Crippen LogP contribution in [-0.4, -0.2) is 26.0 Å². The Labute approximate surface area is 131 Å². The van der Waals surface area contributed by atoms with Gasteiger partial charge in [-0.25, -0.2) is 13.1 Å². The summed E-state index contributed by atoms with van der Waals surface area (Å²) in [6, 6.07) is 8.90. The monoisotopic (exact) mass is 324 g/mol. The third-order valence-corrected chi connectivity index (χ3v) is 6.34. The maximum absolute atomic E-state index is 12.4. The van der Waals surface area contributed by atoms with Crippen molar-refractivity contribution in [2.45, 2.75) is 42.7 Å². The lowest BCUT2D eigenvalue weighted by molar-refractivity contribution is 0.423. The molecule has 0 saturated heterocycles. The van der Waals surface area contributed by atoms with E-state index in [1.165, 1.54) is 6.42 Å². The van der Waals surface area contributed by atoms with E-state index in [1.807, 2.05) is 12.3 Å². The summed E-state index contributed by atoms with van der Waals surface area (Å²) in [6.07, 6.45) is 6.22. The van der Waals surface area contributed by atoms with Crippen LogP contribution >= 0.6 is 11.8 Å². The van der Waals surface area contributed by atoms with Crippen molar-refractivity contribution in [3.8, 4) is 6.07 Å². The van der Waals surface area contributed by atoms with E-state index in [4.69, 9.17) is 5.26 Å². The van der Waals surface area contributed by atoms with Crippen LogP contribution in [0, 0.1) is 11.3 Å². The molecule has 0 aliphatic heterocycles. The number of nitriles is 1. The minimum atomic E-state index is -3.42. The molecule has 2 atom stereocenters. The normalized spacial score (nSPS) is 22.7. The molecule has 0 radical (unpaired) electrons. The molecule has 2 rings (SSSR count). The molecule has 1 saturated carbocycles. The van der Waals surface area contributed by atoms with Crippen molar-refractivity contribution in [3.63, 3.8) is 0 Å². The fourth-order valence-electron chi connectivity index (χ4n) is 2.75. The van der Waals surface area contributed by atoms with Gasteiger partial charge in [0.05, 0.1) is 17.4 Å². The highest BCUT2D eigenvalue weighted by molar-refractivity contribution is 7.99. The van der Waals surface area contributed by atoms with Crippen LogP contribution < -0.4 is 4.72 Å². The average molecular weight is 324 g/mol.